The molecule has 180 valence electrons. The van der Waals surface area contributed by atoms with Gasteiger partial charge in [-0.05, 0) is 68.0 Å². The first kappa shape index (κ1) is 24.1. The van der Waals surface area contributed by atoms with Gasteiger partial charge < -0.3 is 10.6 Å². The third kappa shape index (κ3) is 5.01. The fraction of sp³-hybridized carbons (Fsp3) is 0.133. The molecule has 6 heteroatoms. The number of rotatable bonds is 6. The molecule has 4 nitrogen and oxygen atoms in total. The molecule has 0 fully saturated rings. The van der Waals surface area contributed by atoms with E-state index in [4.69, 9.17) is 12.2 Å². The molecule has 0 aliphatic carbocycles. The second-order valence-corrected chi connectivity index (χ2v) is 10.4. The summed E-state index contributed by atoms with van der Waals surface area (Å²) >= 11 is 7.09. The van der Waals surface area contributed by atoms with Gasteiger partial charge in [-0.3, -0.25) is 9.36 Å². The molecule has 0 radical (unpaired) electrons. The monoisotopic (exact) mass is 509 g/mol. The van der Waals surface area contributed by atoms with Crippen molar-refractivity contribution in [3.05, 3.63) is 103 Å². The number of hydrogen-bond acceptors (Lipinski definition) is 3. The lowest BCUT2D eigenvalue weighted by Crippen LogP contribution is -2.23. The fourth-order valence-corrected chi connectivity index (χ4v) is 5.64. The summed E-state index contributed by atoms with van der Waals surface area (Å²) in [6.45, 7) is 4.12. The van der Waals surface area contributed by atoms with Gasteiger partial charge in [-0.25, -0.2) is 0 Å². The second kappa shape index (κ2) is 10.6. The Hall–Kier alpha value is -3.61. The summed E-state index contributed by atoms with van der Waals surface area (Å²) in [4.78, 5) is 14.9. The summed E-state index contributed by atoms with van der Waals surface area (Å²) in [5.74, 6) is 0.0924. The molecule has 36 heavy (non-hydrogen) atoms. The van der Waals surface area contributed by atoms with Crippen LogP contribution in [-0.4, -0.2) is 20.8 Å². The second-order valence-electron chi connectivity index (χ2n) is 8.70. The van der Waals surface area contributed by atoms with E-state index in [9.17, 15) is 4.79 Å². The lowest BCUT2D eigenvalue weighted by Gasteiger charge is -2.17. The molecule has 0 aliphatic rings. The number of carbonyl (C=O) groups excluding carboxylic acids is 1. The van der Waals surface area contributed by atoms with E-state index >= 15 is 0 Å². The molecule has 0 saturated heterocycles. The predicted octanol–water partition coefficient (Wildman–Crippen LogP) is 8.12. The molecule has 0 amide bonds. The number of nitrogens with one attached hydrogen (secondary N) is 2. The number of aryl methyl sites for hydroxylation is 1. The van der Waals surface area contributed by atoms with Crippen molar-refractivity contribution in [2.75, 3.05) is 10.6 Å². The molecule has 5 rings (SSSR count). The van der Waals surface area contributed by atoms with Crippen molar-refractivity contribution < 1.29 is 4.79 Å². The van der Waals surface area contributed by atoms with Gasteiger partial charge in [0.15, 0.2) is 5.11 Å². The van der Waals surface area contributed by atoms with E-state index < -0.39 is 0 Å². The van der Waals surface area contributed by atoms with Crippen LogP contribution in [0.1, 0.15) is 23.7 Å². The van der Waals surface area contributed by atoms with Gasteiger partial charge in [0.2, 0.25) is 5.91 Å². The smallest absolute Gasteiger partial charge is 0.245 e. The number of nitrogens with zero attached hydrogens (tertiary/aromatic N) is 1. The fourth-order valence-electron chi connectivity index (χ4n) is 4.35. The van der Waals surface area contributed by atoms with E-state index in [1.165, 1.54) is 5.56 Å². The van der Waals surface area contributed by atoms with Crippen LogP contribution in [-0.2, 0) is 0 Å². The van der Waals surface area contributed by atoms with E-state index in [0.29, 0.717) is 5.11 Å². The summed E-state index contributed by atoms with van der Waals surface area (Å²) in [5, 5.41) is 8.97. The van der Waals surface area contributed by atoms with Crippen LogP contribution in [0.2, 0.25) is 0 Å². The molecular formula is C30H27N3OS2. The Morgan fingerprint density at radius 3 is 2.08 bits per heavy atom. The van der Waals surface area contributed by atoms with Gasteiger partial charge in [0.25, 0.3) is 0 Å². The number of carbonyl (C=O) groups is 1. The van der Waals surface area contributed by atoms with Gasteiger partial charge in [-0.2, -0.15) is 0 Å². The van der Waals surface area contributed by atoms with Crippen molar-refractivity contribution in [1.82, 2.24) is 4.57 Å². The Labute approximate surface area is 220 Å². The quantitative estimate of drug-likeness (QED) is 0.179. The highest BCUT2D eigenvalue weighted by molar-refractivity contribution is 8.00. The highest BCUT2D eigenvalue weighted by atomic mass is 32.2. The Balaban J connectivity index is 1.36. The molecule has 2 N–H and O–H groups in total. The van der Waals surface area contributed by atoms with Gasteiger partial charge in [-0.15, -0.1) is 11.8 Å². The molecule has 1 heterocycles. The van der Waals surface area contributed by atoms with Gasteiger partial charge in [0.05, 0.1) is 16.3 Å². The molecule has 0 spiro atoms. The molecule has 0 saturated carbocycles. The van der Waals surface area contributed by atoms with Crippen LogP contribution in [0.25, 0.3) is 21.8 Å². The third-order valence-electron chi connectivity index (χ3n) is 6.13. The van der Waals surface area contributed by atoms with E-state index in [0.717, 1.165) is 44.5 Å². The van der Waals surface area contributed by atoms with Crippen molar-refractivity contribution in [1.29, 1.82) is 0 Å². The summed E-state index contributed by atoms with van der Waals surface area (Å²) in [5.41, 5.74) is 4.91. The maximum absolute atomic E-state index is 13.9. The first-order valence-electron chi connectivity index (χ1n) is 12.0. The van der Waals surface area contributed by atoms with Crippen molar-refractivity contribution in [3.63, 3.8) is 0 Å². The molecular weight excluding hydrogens is 482 g/mol. The minimum Gasteiger partial charge on any atom is -0.332 e. The van der Waals surface area contributed by atoms with Crippen molar-refractivity contribution in [2.45, 2.75) is 30.4 Å². The molecule has 1 atom stereocenters. The number of fused-ring (bicyclic) bond motifs is 3. The minimum atomic E-state index is -0.225. The first-order chi connectivity index (χ1) is 17.5. The third-order valence-corrected chi connectivity index (χ3v) is 7.68. The maximum atomic E-state index is 13.9. The van der Waals surface area contributed by atoms with Crippen molar-refractivity contribution >= 4 is 68.2 Å². The standard InChI is InChI=1S/C30H27N3OS2/c1-3-28(29(34)33-26-13-6-4-11-24(26)25-12-5-7-14-27(25)33)36-23-10-8-9-22(19-23)32-30(35)31-21-17-15-20(2)16-18-21/h4-19,28H,3H2,1-2H3,(H2,31,32,35). The molecule has 5 aromatic rings. The molecule has 1 unspecified atom stereocenters. The number of anilines is 2. The van der Waals surface area contributed by atoms with Crippen molar-refractivity contribution in [2.24, 2.45) is 0 Å². The van der Waals surface area contributed by atoms with Gasteiger partial charge in [0, 0.05) is 27.0 Å². The van der Waals surface area contributed by atoms with E-state index in [-0.39, 0.29) is 11.2 Å². The van der Waals surface area contributed by atoms with Crippen molar-refractivity contribution in [3.8, 4) is 0 Å². The Morgan fingerprint density at radius 2 is 1.44 bits per heavy atom. The van der Waals surface area contributed by atoms with Crippen LogP contribution >= 0.6 is 24.0 Å². The largest absolute Gasteiger partial charge is 0.332 e. The Morgan fingerprint density at radius 1 is 0.833 bits per heavy atom. The van der Waals surface area contributed by atoms with Crippen LogP contribution in [0.15, 0.2) is 102 Å². The average molecular weight is 510 g/mol. The topological polar surface area (TPSA) is 46.1 Å². The number of hydrogen-bond donors (Lipinski definition) is 2. The predicted molar refractivity (Wildman–Crippen MR) is 157 cm³/mol. The zero-order valence-corrected chi connectivity index (χ0v) is 21.8. The minimum absolute atomic E-state index is 0.0924. The van der Waals surface area contributed by atoms with Crippen LogP contribution in [0, 0.1) is 6.92 Å². The summed E-state index contributed by atoms with van der Waals surface area (Å²) in [6, 6.07) is 32.3. The summed E-state index contributed by atoms with van der Waals surface area (Å²) in [6.07, 6.45) is 0.718. The summed E-state index contributed by atoms with van der Waals surface area (Å²) in [7, 11) is 0. The highest BCUT2D eigenvalue weighted by Crippen LogP contribution is 2.33. The molecule has 4 aromatic carbocycles. The van der Waals surface area contributed by atoms with E-state index in [2.05, 4.69) is 36.6 Å². The zero-order valence-electron chi connectivity index (χ0n) is 20.2. The van der Waals surface area contributed by atoms with Crippen LogP contribution in [0.3, 0.4) is 0 Å². The molecule has 0 aliphatic heterocycles. The van der Waals surface area contributed by atoms with Crippen LogP contribution in [0.5, 0.6) is 0 Å². The number of benzene rings is 4. The van der Waals surface area contributed by atoms with E-state index in [1.54, 1.807) is 11.8 Å². The molecule has 0 bridgehead atoms. The number of thioether (sulfide) groups is 1. The SMILES string of the molecule is CCC(Sc1cccc(NC(=S)Nc2ccc(C)cc2)c1)C(=O)n1c2ccccc2c2ccccc21. The number of aromatic nitrogens is 1. The van der Waals surface area contributed by atoms with E-state index in [1.807, 2.05) is 89.5 Å². The Kier molecular flexibility index (Phi) is 7.07. The normalized spacial score (nSPS) is 11.9. The average Bonchev–Trinajstić information content (AvgIpc) is 3.23. The maximum Gasteiger partial charge on any atom is 0.245 e. The highest BCUT2D eigenvalue weighted by Gasteiger charge is 2.24. The van der Waals surface area contributed by atoms with Crippen LogP contribution in [0.4, 0.5) is 11.4 Å². The van der Waals surface area contributed by atoms with Gasteiger partial charge >= 0.3 is 0 Å². The molecule has 1 aromatic heterocycles. The zero-order chi connectivity index (χ0) is 25.1. The van der Waals surface area contributed by atoms with Gasteiger partial charge in [-0.1, -0.05) is 67.1 Å². The number of thiocarbonyl (C=S) groups is 1. The lowest BCUT2D eigenvalue weighted by molar-refractivity contribution is 0.0919. The summed E-state index contributed by atoms with van der Waals surface area (Å²) < 4.78 is 1.88. The lowest BCUT2D eigenvalue weighted by atomic mass is 10.2. The first-order valence-corrected chi connectivity index (χ1v) is 13.3. The Bertz CT molecular complexity index is 1500. The number of para-hydroxylation sites is 2. The van der Waals surface area contributed by atoms with Crippen LogP contribution < -0.4 is 10.6 Å². The van der Waals surface area contributed by atoms with Gasteiger partial charge in [0.1, 0.15) is 0 Å².